The van der Waals surface area contributed by atoms with Crippen molar-refractivity contribution >= 4 is 29.7 Å². The van der Waals surface area contributed by atoms with E-state index in [-0.39, 0.29) is 24.2 Å². The average molecular weight is 367 g/mol. The molecule has 2 heterocycles. The zero-order chi connectivity index (χ0) is 16.2. The van der Waals surface area contributed by atoms with Gasteiger partial charge in [-0.25, -0.2) is 0 Å². The SMILES string of the molecule is COc1ccc(-c2csc(CNC(=O)C(C)C3CNC3)c2)cc1.Cl. The molecule has 1 aliphatic heterocycles. The smallest absolute Gasteiger partial charge is 0.223 e. The number of benzene rings is 1. The van der Waals surface area contributed by atoms with Crippen molar-refractivity contribution in [3.05, 3.63) is 40.6 Å². The van der Waals surface area contributed by atoms with Crippen LogP contribution in [0.2, 0.25) is 0 Å². The summed E-state index contributed by atoms with van der Waals surface area (Å²) in [5, 5.41) is 8.40. The van der Waals surface area contributed by atoms with E-state index in [4.69, 9.17) is 4.74 Å². The van der Waals surface area contributed by atoms with Gasteiger partial charge in [0, 0.05) is 10.8 Å². The third-order valence-corrected chi connectivity index (χ3v) is 5.38. The van der Waals surface area contributed by atoms with Crippen molar-refractivity contribution in [3.63, 3.8) is 0 Å². The molecule has 1 fully saturated rings. The molecule has 1 atom stereocenters. The summed E-state index contributed by atoms with van der Waals surface area (Å²) < 4.78 is 5.18. The van der Waals surface area contributed by atoms with Crippen LogP contribution in [0.1, 0.15) is 11.8 Å². The second-order valence-electron chi connectivity index (χ2n) is 5.96. The monoisotopic (exact) mass is 366 g/mol. The molecular formula is C18H23ClN2O2S. The van der Waals surface area contributed by atoms with Crippen LogP contribution in [-0.2, 0) is 11.3 Å². The second kappa shape index (κ2) is 8.51. The molecule has 6 heteroatoms. The summed E-state index contributed by atoms with van der Waals surface area (Å²) in [6.07, 6.45) is 0. The molecule has 24 heavy (non-hydrogen) atoms. The Labute approximate surface area is 153 Å². The topological polar surface area (TPSA) is 50.4 Å². The number of ether oxygens (including phenoxy) is 1. The van der Waals surface area contributed by atoms with E-state index in [1.165, 1.54) is 10.4 Å². The second-order valence-corrected chi connectivity index (χ2v) is 6.95. The van der Waals surface area contributed by atoms with E-state index < -0.39 is 0 Å². The number of nitrogens with one attached hydrogen (secondary N) is 2. The summed E-state index contributed by atoms with van der Waals surface area (Å²) in [6.45, 7) is 4.52. The van der Waals surface area contributed by atoms with E-state index in [2.05, 4.69) is 34.2 Å². The lowest BCUT2D eigenvalue weighted by atomic mass is 9.88. The highest BCUT2D eigenvalue weighted by Crippen LogP contribution is 2.27. The molecular weight excluding hydrogens is 344 g/mol. The van der Waals surface area contributed by atoms with Crippen LogP contribution in [-0.4, -0.2) is 26.1 Å². The standard InChI is InChI=1S/C18H22N2O2S.ClH/c1-12(15-8-19-9-15)18(21)20-10-17-7-14(11-23-17)13-3-5-16(22-2)6-4-13;/h3-7,11-12,15,19H,8-10H2,1-2H3,(H,20,21);1H. The highest BCUT2D eigenvalue weighted by molar-refractivity contribution is 7.10. The third kappa shape index (κ3) is 4.29. The van der Waals surface area contributed by atoms with Gasteiger partial charge in [0.15, 0.2) is 0 Å². The summed E-state index contributed by atoms with van der Waals surface area (Å²) >= 11 is 1.68. The van der Waals surface area contributed by atoms with E-state index >= 15 is 0 Å². The maximum atomic E-state index is 12.1. The zero-order valence-electron chi connectivity index (χ0n) is 13.9. The van der Waals surface area contributed by atoms with E-state index in [0.29, 0.717) is 12.5 Å². The Balaban J connectivity index is 0.00000208. The van der Waals surface area contributed by atoms with Crippen LogP contribution >= 0.6 is 23.7 Å². The normalized spacial score (nSPS) is 15.1. The molecule has 2 aromatic rings. The maximum absolute atomic E-state index is 12.1. The fraction of sp³-hybridized carbons (Fsp3) is 0.389. The molecule has 0 saturated carbocycles. The van der Waals surface area contributed by atoms with Gasteiger partial charge in [-0.05, 0) is 53.7 Å². The third-order valence-electron chi connectivity index (χ3n) is 4.45. The van der Waals surface area contributed by atoms with Crippen molar-refractivity contribution in [3.8, 4) is 16.9 Å². The molecule has 2 N–H and O–H groups in total. The summed E-state index contributed by atoms with van der Waals surface area (Å²) in [6, 6.07) is 10.2. The summed E-state index contributed by atoms with van der Waals surface area (Å²) in [5.74, 6) is 1.57. The maximum Gasteiger partial charge on any atom is 0.223 e. The first-order valence-electron chi connectivity index (χ1n) is 7.87. The molecule has 0 aliphatic carbocycles. The Morgan fingerprint density at radius 1 is 1.33 bits per heavy atom. The molecule has 3 rings (SSSR count). The molecule has 0 bridgehead atoms. The molecule has 0 radical (unpaired) electrons. The Morgan fingerprint density at radius 3 is 2.62 bits per heavy atom. The van der Waals surface area contributed by atoms with Gasteiger partial charge >= 0.3 is 0 Å². The predicted molar refractivity (Wildman–Crippen MR) is 101 cm³/mol. The van der Waals surface area contributed by atoms with Gasteiger partial charge in [0.05, 0.1) is 13.7 Å². The molecule has 1 saturated heterocycles. The first kappa shape index (κ1) is 18.8. The molecule has 1 aliphatic rings. The molecule has 1 amide bonds. The van der Waals surface area contributed by atoms with Crippen molar-refractivity contribution in [1.82, 2.24) is 10.6 Å². The van der Waals surface area contributed by atoms with Crippen molar-refractivity contribution in [1.29, 1.82) is 0 Å². The van der Waals surface area contributed by atoms with Crippen molar-refractivity contribution in [2.45, 2.75) is 13.5 Å². The number of hydrogen-bond donors (Lipinski definition) is 2. The lowest BCUT2D eigenvalue weighted by Gasteiger charge is -2.31. The lowest BCUT2D eigenvalue weighted by molar-refractivity contribution is -0.126. The molecule has 130 valence electrons. The largest absolute Gasteiger partial charge is 0.497 e. The summed E-state index contributed by atoms with van der Waals surface area (Å²) in [5.41, 5.74) is 2.34. The number of carbonyl (C=O) groups excluding carboxylic acids is 1. The minimum Gasteiger partial charge on any atom is -0.497 e. The Morgan fingerprint density at radius 2 is 2.04 bits per heavy atom. The zero-order valence-corrected chi connectivity index (χ0v) is 15.5. The van der Waals surface area contributed by atoms with Crippen molar-refractivity contribution in [2.75, 3.05) is 20.2 Å². The number of halogens is 1. The van der Waals surface area contributed by atoms with Crippen LogP contribution in [0.5, 0.6) is 5.75 Å². The highest BCUT2D eigenvalue weighted by Gasteiger charge is 2.28. The predicted octanol–water partition coefficient (Wildman–Crippen LogP) is 3.32. The molecule has 1 aromatic heterocycles. The van der Waals surface area contributed by atoms with Gasteiger partial charge in [-0.1, -0.05) is 19.1 Å². The van der Waals surface area contributed by atoms with Crippen LogP contribution in [0.3, 0.4) is 0 Å². The van der Waals surface area contributed by atoms with Crippen molar-refractivity contribution < 1.29 is 9.53 Å². The van der Waals surface area contributed by atoms with Crippen LogP contribution in [0.15, 0.2) is 35.7 Å². The summed E-state index contributed by atoms with van der Waals surface area (Å²) in [7, 11) is 1.67. The molecule has 0 spiro atoms. The minimum atomic E-state index is 0. The van der Waals surface area contributed by atoms with E-state index in [1.54, 1.807) is 18.4 Å². The number of methoxy groups -OCH3 is 1. The van der Waals surface area contributed by atoms with Gasteiger partial charge in [0.25, 0.3) is 0 Å². The first-order valence-corrected chi connectivity index (χ1v) is 8.75. The van der Waals surface area contributed by atoms with Gasteiger partial charge in [-0.15, -0.1) is 23.7 Å². The van der Waals surface area contributed by atoms with Crippen LogP contribution in [0, 0.1) is 11.8 Å². The Bertz CT molecular complexity index is 668. The highest BCUT2D eigenvalue weighted by atomic mass is 35.5. The average Bonchev–Trinajstić information content (AvgIpc) is 3.00. The Hall–Kier alpha value is -1.56. The van der Waals surface area contributed by atoms with E-state index in [0.717, 1.165) is 24.4 Å². The number of rotatable bonds is 6. The number of hydrogen-bond acceptors (Lipinski definition) is 4. The van der Waals surface area contributed by atoms with Gasteiger partial charge in [-0.3, -0.25) is 4.79 Å². The number of thiophene rings is 1. The molecule has 1 aromatic carbocycles. The van der Waals surface area contributed by atoms with E-state index in [9.17, 15) is 4.79 Å². The first-order chi connectivity index (χ1) is 11.2. The lowest BCUT2D eigenvalue weighted by Crippen LogP contribution is -2.49. The van der Waals surface area contributed by atoms with Crippen LogP contribution in [0.4, 0.5) is 0 Å². The van der Waals surface area contributed by atoms with Gasteiger partial charge < -0.3 is 15.4 Å². The minimum absolute atomic E-state index is 0. The van der Waals surface area contributed by atoms with Crippen LogP contribution in [0.25, 0.3) is 11.1 Å². The quantitative estimate of drug-likeness (QED) is 0.824. The fourth-order valence-electron chi connectivity index (χ4n) is 2.62. The van der Waals surface area contributed by atoms with E-state index in [1.807, 2.05) is 19.1 Å². The fourth-order valence-corrected chi connectivity index (χ4v) is 3.46. The van der Waals surface area contributed by atoms with Gasteiger partial charge in [0.2, 0.25) is 5.91 Å². The van der Waals surface area contributed by atoms with Crippen LogP contribution < -0.4 is 15.4 Å². The summed E-state index contributed by atoms with van der Waals surface area (Å²) in [4.78, 5) is 13.3. The number of amides is 1. The van der Waals surface area contributed by atoms with Gasteiger partial charge in [0.1, 0.15) is 5.75 Å². The number of carbonyl (C=O) groups is 1. The van der Waals surface area contributed by atoms with Crippen molar-refractivity contribution in [2.24, 2.45) is 11.8 Å². The molecule has 4 nitrogen and oxygen atoms in total. The Kier molecular flexibility index (Phi) is 6.66. The van der Waals surface area contributed by atoms with Gasteiger partial charge in [-0.2, -0.15) is 0 Å². The molecule has 1 unspecified atom stereocenters.